The van der Waals surface area contributed by atoms with Crippen molar-refractivity contribution in [2.45, 2.75) is 18.8 Å². The first-order chi connectivity index (χ1) is 11.6. The van der Waals surface area contributed by atoms with Gasteiger partial charge in [0.1, 0.15) is 5.75 Å². The molecule has 0 spiro atoms. The lowest BCUT2D eigenvalue weighted by molar-refractivity contribution is -0.126. The quantitative estimate of drug-likeness (QED) is 0.520. The molecule has 0 bridgehead atoms. The zero-order valence-electron chi connectivity index (χ0n) is 13.3. The number of rotatable bonds is 5. The van der Waals surface area contributed by atoms with E-state index in [2.05, 4.69) is 5.32 Å². The van der Waals surface area contributed by atoms with Gasteiger partial charge < -0.3 is 15.8 Å². The van der Waals surface area contributed by atoms with Crippen LogP contribution in [0.4, 0.5) is 14.5 Å². The molecule has 1 aromatic carbocycles. The fourth-order valence-electron chi connectivity index (χ4n) is 2.43. The van der Waals surface area contributed by atoms with Gasteiger partial charge in [0.2, 0.25) is 16.0 Å². The molecule has 0 saturated heterocycles. The SMILES string of the molecule is CN(C(=N)N)S(=O)(=O)CC1CCOc2ccc(NC(=O)C(F)F)cc21. The second-order valence-corrected chi connectivity index (χ2v) is 7.55. The van der Waals surface area contributed by atoms with Crippen LogP contribution in [-0.2, 0) is 14.8 Å². The van der Waals surface area contributed by atoms with Crippen molar-refractivity contribution in [1.82, 2.24) is 4.31 Å². The predicted molar refractivity (Wildman–Crippen MR) is 87.4 cm³/mol. The third-order valence-corrected chi connectivity index (χ3v) is 5.66. The van der Waals surface area contributed by atoms with Crippen LogP contribution < -0.4 is 15.8 Å². The fourth-order valence-corrected chi connectivity index (χ4v) is 3.81. The lowest BCUT2D eigenvalue weighted by Gasteiger charge is -2.28. The Hall–Kier alpha value is -2.43. The van der Waals surface area contributed by atoms with Gasteiger partial charge in [0.25, 0.3) is 5.91 Å². The number of alkyl halides is 2. The van der Waals surface area contributed by atoms with Crippen molar-refractivity contribution >= 4 is 27.6 Å². The lowest BCUT2D eigenvalue weighted by Crippen LogP contribution is -2.40. The lowest BCUT2D eigenvalue weighted by atomic mass is 9.94. The number of fused-ring (bicyclic) bond motifs is 1. The van der Waals surface area contributed by atoms with E-state index in [1.54, 1.807) is 0 Å². The Balaban J connectivity index is 2.28. The molecule has 1 aliphatic rings. The minimum absolute atomic E-state index is 0.122. The van der Waals surface area contributed by atoms with Crippen molar-refractivity contribution < 1.29 is 26.7 Å². The molecule has 1 amide bonds. The highest BCUT2D eigenvalue weighted by Crippen LogP contribution is 2.36. The molecule has 0 fully saturated rings. The zero-order valence-corrected chi connectivity index (χ0v) is 14.1. The Kier molecular flexibility index (Phi) is 5.45. The van der Waals surface area contributed by atoms with Crippen molar-refractivity contribution in [2.75, 3.05) is 24.7 Å². The summed E-state index contributed by atoms with van der Waals surface area (Å²) >= 11 is 0. The molecule has 1 heterocycles. The summed E-state index contributed by atoms with van der Waals surface area (Å²) in [6.45, 7) is 0.291. The van der Waals surface area contributed by atoms with E-state index in [1.165, 1.54) is 25.2 Å². The highest BCUT2D eigenvalue weighted by Gasteiger charge is 2.30. The molecule has 8 nitrogen and oxygen atoms in total. The maximum absolute atomic E-state index is 12.4. The minimum Gasteiger partial charge on any atom is -0.493 e. The van der Waals surface area contributed by atoms with Gasteiger partial charge in [0, 0.05) is 24.2 Å². The molecule has 0 saturated carbocycles. The summed E-state index contributed by atoms with van der Waals surface area (Å²) in [5.41, 5.74) is 5.82. The monoisotopic (exact) mass is 376 g/mol. The molecule has 25 heavy (non-hydrogen) atoms. The maximum atomic E-state index is 12.4. The molecule has 2 rings (SSSR count). The number of nitrogens with zero attached hydrogens (tertiary/aromatic N) is 1. The number of hydrogen-bond donors (Lipinski definition) is 3. The minimum atomic E-state index is -3.83. The summed E-state index contributed by atoms with van der Waals surface area (Å²) in [6, 6.07) is 4.31. The molecule has 1 unspecified atom stereocenters. The molecule has 1 aromatic rings. The Bertz CT molecular complexity index is 785. The third-order valence-electron chi connectivity index (χ3n) is 3.81. The van der Waals surface area contributed by atoms with Gasteiger partial charge in [-0.15, -0.1) is 0 Å². The number of amides is 1. The van der Waals surface area contributed by atoms with Crippen LogP contribution in [-0.4, -0.2) is 50.4 Å². The maximum Gasteiger partial charge on any atom is 0.315 e. The second-order valence-electron chi connectivity index (χ2n) is 5.51. The highest BCUT2D eigenvalue weighted by molar-refractivity contribution is 7.89. The number of anilines is 1. The number of ether oxygens (including phenoxy) is 1. The molecule has 0 radical (unpaired) electrons. The number of carbonyl (C=O) groups excluding carboxylic acids is 1. The van der Waals surface area contributed by atoms with Gasteiger partial charge in [0.05, 0.1) is 12.4 Å². The third kappa shape index (κ3) is 4.35. The standard InChI is InChI=1S/C14H18F2N4O4S/c1-20(14(17)18)25(22,23)7-8-4-5-24-11-3-2-9(6-10(8)11)19-13(21)12(15)16/h2-3,6,8,12H,4-5,7H2,1H3,(H3,17,18)(H,19,21). The van der Waals surface area contributed by atoms with Crippen LogP contribution in [0.25, 0.3) is 0 Å². The van der Waals surface area contributed by atoms with Crippen molar-refractivity contribution in [1.29, 1.82) is 5.41 Å². The molecule has 0 aliphatic carbocycles. The van der Waals surface area contributed by atoms with E-state index < -0.39 is 34.2 Å². The van der Waals surface area contributed by atoms with E-state index in [0.717, 1.165) is 0 Å². The van der Waals surface area contributed by atoms with Crippen LogP contribution in [0, 0.1) is 5.41 Å². The molecular formula is C14H18F2N4O4S. The molecule has 138 valence electrons. The average molecular weight is 376 g/mol. The summed E-state index contributed by atoms with van der Waals surface area (Å²) < 4.78 is 55.4. The van der Waals surface area contributed by atoms with Crippen LogP contribution in [0.2, 0.25) is 0 Å². The highest BCUT2D eigenvalue weighted by atomic mass is 32.2. The number of guanidine groups is 1. The molecule has 1 atom stereocenters. The average Bonchev–Trinajstić information content (AvgIpc) is 2.54. The largest absolute Gasteiger partial charge is 0.493 e. The van der Waals surface area contributed by atoms with Crippen molar-refractivity contribution in [3.63, 3.8) is 0 Å². The Morgan fingerprint density at radius 2 is 2.20 bits per heavy atom. The number of nitrogens with two attached hydrogens (primary N) is 1. The molecule has 0 aromatic heterocycles. The predicted octanol–water partition coefficient (Wildman–Crippen LogP) is 0.911. The van der Waals surface area contributed by atoms with E-state index in [9.17, 15) is 22.0 Å². The molecule has 4 N–H and O–H groups in total. The topological polar surface area (TPSA) is 126 Å². The van der Waals surface area contributed by atoms with E-state index >= 15 is 0 Å². The van der Waals surface area contributed by atoms with Crippen LogP contribution >= 0.6 is 0 Å². The van der Waals surface area contributed by atoms with Crippen LogP contribution in [0.1, 0.15) is 17.9 Å². The fraction of sp³-hybridized carbons (Fsp3) is 0.429. The smallest absolute Gasteiger partial charge is 0.315 e. The van der Waals surface area contributed by atoms with Gasteiger partial charge in [0.15, 0.2) is 0 Å². The number of benzene rings is 1. The summed E-state index contributed by atoms with van der Waals surface area (Å²) in [5, 5.41) is 9.31. The molecule has 1 aliphatic heterocycles. The van der Waals surface area contributed by atoms with Gasteiger partial charge >= 0.3 is 6.43 Å². The van der Waals surface area contributed by atoms with Crippen LogP contribution in [0.5, 0.6) is 5.75 Å². The molecule has 11 heteroatoms. The van der Waals surface area contributed by atoms with E-state index in [0.29, 0.717) is 28.6 Å². The van der Waals surface area contributed by atoms with Gasteiger partial charge in [-0.1, -0.05) is 0 Å². The first-order valence-electron chi connectivity index (χ1n) is 7.28. The van der Waals surface area contributed by atoms with E-state index in [1.807, 2.05) is 0 Å². The number of sulfonamides is 1. The zero-order chi connectivity index (χ0) is 18.8. The van der Waals surface area contributed by atoms with Crippen molar-refractivity contribution in [2.24, 2.45) is 5.73 Å². The number of hydrogen-bond acceptors (Lipinski definition) is 5. The summed E-state index contributed by atoms with van der Waals surface area (Å²) in [5.74, 6) is -2.44. The van der Waals surface area contributed by atoms with Gasteiger partial charge in [-0.25, -0.2) is 12.7 Å². The van der Waals surface area contributed by atoms with Crippen LogP contribution in [0.3, 0.4) is 0 Å². The number of carbonyl (C=O) groups is 1. The summed E-state index contributed by atoms with van der Waals surface area (Å²) in [4.78, 5) is 11.1. The first kappa shape index (κ1) is 18.9. The van der Waals surface area contributed by atoms with Crippen molar-refractivity contribution in [3.8, 4) is 5.75 Å². The second kappa shape index (κ2) is 7.21. The van der Waals surface area contributed by atoms with Crippen molar-refractivity contribution in [3.05, 3.63) is 23.8 Å². The Morgan fingerprint density at radius 3 is 2.80 bits per heavy atom. The summed E-state index contributed by atoms with van der Waals surface area (Å²) in [6.07, 6.45) is -2.78. The first-order valence-corrected chi connectivity index (χ1v) is 8.89. The van der Waals surface area contributed by atoms with E-state index in [4.69, 9.17) is 15.9 Å². The van der Waals surface area contributed by atoms with Crippen LogP contribution in [0.15, 0.2) is 18.2 Å². The van der Waals surface area contributed by atoms with E-state index in [-0.39, 0.29) is 11.4 Å². The molecular weight excluding hydrogens is 358 g/mol. The number of nitrogens with one attached hydrogen (secondary N) is 2. The Labute approximate surface area is 143 Å². The number of halogens is 2. The summed E-state index contributed by atoms with van der Waals surface area (Å²) in [7, 11) is -2.65. The Morgan fingerprint density at radius 1 is 1.52 bits per heavy atom. The van der Waals surface area contributed by atoms with Gasteiger partial charge in [-0.05, 0) is 24.6 Å². The van der Waals surface area contributed by atoms with Gasteiger partial charge in [-0.2, -0.15) is 8.78 Å². The normalized spacial score (nSPS) is 16.7. The van der Waals surface area contributed by atoms with Gasteiger partial charge in [-0.3, -0.25) is 10.2 Å².